The van der Waals surface area contributed by atoms with Crippen LogP contribution in [0.15, 0.2) is 18.2 Å². The third-order valence-electron chi connectivity index (χ3n) is 3.68. The topological polar surface area (TPSA) is 38.5 Å². The van der Waals surface area contributed by atoms with Crippen LogP contribution in [0.2, 0.25) is 5.02 Å². The predicted octanol–water partition coefficient (Wildman–Crippen LogP) is 3.29. The summed E-state index contributed by atoms with van der Waals surface area (Å²) in [6.45, 7) is 3.73. The highest BCUT2D eigenvalue weighted by Crippen LogP contribution is 2.29. The molecule has 4 heteroatoms. The lowest BCUT2D eigenvalue weighted by Gasteiger charge is -2.37. The molecule has 1 aliphatic rings. The molecule has 1 aromatic rings. The first-order valence-electron chi connectivity index (χ1n) is 6.57. The zero-order valence-electron chi connectivity index (χ0n) is 10.9. The number of hydrogen-bond donors (Lipinski definition) is 1. The fourth-order valence-electron chi connectivity index (χ4n) is 2.61. The zero-order valence-corrected chi connectivity index (χ0v) is 11.6. The molecule has 3 nitrogen and oxygen atoms in total. The molecule has 2 rings (SSSR count). The molecule has 0 aromatic heterocycles. The molecule has 1 saturated heterocycles. The van der Waals surface area contributed by atoms with Crippen molar-refractivity contribution in [1.82, 2.24) is 0 Å². The number of aryl methyl sites for hydroxylation is 1. The van der Waals surface area contributed by atoms with Crippen LogP contribution in [0.3, 0.4) is 0 Å². The van der Waals surface area contributed by atoms with Crippen molar-refractivity contribution in [3.8, 4) is 0 Å². The summed E-state index contributed by atoms with van der Waals surface area (Å²) in [6, 6.07) is 6.82. The fraction of sp³-hybridized carbons (Fsp3) is 0.571. The van der Waals surface area contributed by atoms with E-state index in [1.165, 1.54) is 24.9 Å². The Morgan fingerprint density at radius 3 is 3.00 bits per heavy atom. The third kappa shape index (κ3) is 3.16. The van der Waals surface area contributed by atoms with Gasteiger partial charge in [-0.25, -0.2) is 5.90 Å². The maximum Gasteiger partial charge on any atom is 0.0698 e. The second kappa shape index (κ2) is 6.41. The fourth-order valence-corrected chi connectivity index (χ4v) is 2.78. The van der Waals surface area contributed by atoms with E-state index in [0.29, 0.717) is 12.6 Å². The Balaban J connectivity index is 2.14. The number of piperidine rings is 1. The summed E-state index contributed by atoms with van der Waals surface area (Å²) in [5, 5.41) is 0.840. The van der Waals surface area contributed by atoms with Gasteiger partial charge in [-0.3, -0.25) is 0 Å². The van der Waals surface area contributed by atoms with Gasteiger partial charge in [-0.15, -0.1) is 0 Å². The lowest BCUT2D eigenvalue weighted by atomic mass is 9.98. The lowest BCUT2D eigenvalue weighted by Crippen LogP contribution is -2.40. The molecular weight excluding hydrogens is 248 g/mol. The van der Waals surface area contributed by atoms with Gasteiger partial charge in [-0.2, -0.15) is 0 Å². The van der Waals surface area contributed by atoms with Crippen molar-refractivity contribution in [2.24, 2.45) is 5.90 Å². The van der Waals surface area contributed by atoms with Crippen LogP contribution >= 0.6 is 11.6 Å². The first-order valence-corrected chi connectivity index (χ1v) is 6.94. The number of nitrogens with two attached hydrogens (primary N) is 1. The molecule has 0 aliphatic carbocycles. The minimum Gasteiger partial charge on any atom is -0.368 e. The Kier molecular flexibility index (Phi) is 4.87. The zero-order chi connectivity index (χ0) is 13.0. The van der Waals surface area contributed by atoms with Crippen molar-refractivity contribution in [3.63, 3.8) is 0 Å². The Bertz CT molecular complexity index is 397. The monoisotopic (exact) mass is 268 g/mol. The van der Waals surface area contributed by atoms with Crippen LogP contribution in [-0.4, -0.2) is 19.2 Å². The Hall–Kier alpha value is -0.770. The van der Waals surface area contributed by atoms with Crippen LogP contribution in [0.25, 0.3) is 0 Å². The van der Waals surface area contributed by atoms with Crippen molar-refractivity contribution in [1.29, 1.82) is 0 Å². The van der Waals surface area contributed by atoms with Crippen LogP contribution in [0.5, 0.6) is 0 Å². The van der Waals surface area contributed by atoms with Crippen LogP contribution in [0.4, 0.5) is 5.69 Å². The average molecular weight is 269 g/mol. The van der Waals surface area contributed by atoms with E-state index in [1.54, 1.807) is 0 Å². The molecule has 1 aliphatic heterocycles. The van der Waals surface area contributed by atoms with Crippen molar-refractivity contribution in [2.45, 2.75) is 38.6 Å². The summed E-state index contributed by atoms with van der Waals surface area (Å²) in [6.07, 6.45) is 4.70. The molecule has 0 spiro atoms. The molecule has 1 fully saturated rings. The number of hydrogen-bond acceptors (Lipinski definition) is 3. The maximum absolute atomic E-state index is 6.21. The number of halogens is 1. The predicted molar refractivity (Wildman–Crippen MR) is 75.9 cm³/mol. The second-order valence-corrected chi connectivity index (χ2v) is 5.34. The van der Waals surface area contributed by atoms with Gasteiger partial charge in [0, 0.05) is 23.3 Å². The maximum atomic E-state index is 6.21. The average Bonchev–Trinajstić information content (AvgIpc) is 2.40. The van der Waals surface area contributed by atoms with Gasteiger partial charge in [0.25, 0.3) is 0 Å². The van der Waals surface area contributed by atoms with Crippen molar-refractivity contribution in [2.75, 3.05) is 18.1 Å². The Labute approximate surface area is 114 Å². The molecule has 0 radical (unpaired) electrons. The van der Waals surface area contributed by atoms with Crippen LogP contribution < -0.4 is 10.8 Å². The molecule has 0 saturated carbocycles. The van der Waals surface area contributed by atoms with Crippen molar-refractivity contribution < 1.29 is 4.84 Å². The van der Waals surface area contributed by atoms with Crippen LogP contribution in [0.1, 0.15) is 31.2 Å². The second-order valence-electron chi connectivity index (χ2n) is 4.94. The van der Waals surface area contributed by atoms with E-state index in [-0.39, 0.29) is 0 Å². The third-order valence-corrected chi connectivity index (χ3v) is 4.09. The van der Waals surface area contributed by atoms with E-state index in [2.05, 4.69) is 23.1 Å². The summed E-state index contributed by atoms with van der Waals surface area (Å²) < 4.78 is 0. The SMILES string of the molecule is Cc1ccc(N2CCCCC2CCON)cc1Cl. The lowest BCUT2D eigenvalue weighted by molar-refractivity contribution is 0.127. The van der Waals surface area contributed by atoms with Gasteiger partial charge in [-0.1, -0.05) is 17.7 Å². The first kappa shape index (κ1) is 13.7. The number of rotatable bonds is 4. The molecule has 1 unspecified atom stereocenters. The van der Waals surface area contributed by atoms with Gasteiger partial charge in [0.05, 0.1) is 6.61 Å². The van der Waals surface area contributed by atoms with Gasteiger partial charge in [0.1, 0.15) is 0 Å². The summed E-state index contributed by atoms with van der Waals surface area (Å²) in [5.41, 5.74) is 2.34. The molecule has 1 heterocycles. The van der Waals surface area contributed by atoms with E-state index < -0.39 is 0 Å². The van der Waals surface area contributed by atoms with Gasteiger partial charge < -0.3 is 9.74 Å². The smallest absolute Gasteiger partial charge is 0.0698 e. The van der Waals surface area contributed by atoms with Crippen LogP contribution in [0, 0.1) is 6.92 Å². The van der Waals surface area contributed by atoms with Crippen molar-refractivity contribution in [3.05, 3.63) is 28.8 Å². The first-order chi connectivity index (χ1) is 8.72. The largest absolute Gasteiger partial charge is 0.368 e. The molecule has 1 atom stereocenters. The van der Waals surface area contributed by atoms with E-state index in [1.807, 2.05) is 6.92 Å². The molecule has 0 bridgehead atoms. The van der Waals surface area contributed by atoms with E-state index in [0.717, 1.165) is 23.6 Å². The van der Waals surface area contributed by atoms with Gasteiger partial charge in [0.2, 0.25) is 0 Å². The molecule has 1 aromatic carbocycles. The normalized spacial score (nSPS) is 20.2. The highest BCUT2D eigenvalue weighted by molar-refractivity contribution is 6.31. The Morgan fingerprint density at radius 1 is 1.44 bits per heavy atom. The molecule has 100 valence electrons. The minimum absolute atomic E-state index is 0.515. The van der Waals surface area contributed by atoms with Gasteiger partial charge >= 0.3 is 0 Å². The highest BCUT2D eigenvalue weighted by Gasteiger charge is 2.22. The van der Waals surface area contributed by atoms with E-state index in [9.17, 15) is 0 Å². The number of anilines is 1. The van der Waals surface area contributed by atoms with Gasteiger partial charge in [-0.05, 0) is 50.3 Å². The quantitative estimate of drug-likeness (QED) is 0.852. The minimum atomic E-state index is 0.515. The van der Waals surface area contributed by atoms with Crippen molar-refractivity contribution >= 4 is 17.3 Å². The summed E-state index contributed by atoms with van der Waals surface area (Å²) in [7, 11) is 0. The van der Waals surface area contributed by atoms with Gasteiger partial charge in [0.15, 0.2) is 0 Å². The summed E-state index contributed by atoms with van der Waals surface area (Å²) in [4.78, 5) is 7.16. The summed E-state index contributed by atoms with van der Waals surface area (Å²) >= 11 is 6.21. The van der Waals surface area contributed by atoms with E-state index >= 15 is 0 Å². The summed E-state index contributed by atoms with van der Waals surface area (Å²) in [5.74, 6) is 5.13. The Morgan fingerprint density at radius 2 is 2.28 bits per heavy atom. The molecule has 18 heavy (non-hydrogen) atoms. The van der Waals surface area contributed by atoms with Crippen LogP contribution in [-0.2, 0) is 4.84 Å². The highest BCUT2D eigenvalue weighted by atomic mass is 35.5. The molecule has 0 amide bonds. The molecule has 2 N–H and O–H groups in total. The van der Waals surface area contributed by atoms with E-state index in [4.69, 9.17) is 22.3 Å². The number of nitrogens with zero attached hydrogens (tertiary/aromatic N) is 1. The standard InChI is InChI=1S/C14H21ClN2O/c1-11-5-6-13(10-14(11)15)17-8-3-2-4-12(17)7-9-18-16/h5-6,10,12H,2-4,7-9,16H2,1H3. The number of benzene rings is 1. The molecular formula is C14H21ClN2O.